The van der Waals surface area contributed by atoms with Crippen molar-refractivity contribution in [2.24, 2.45) is 7.05 Å². The Hall–Kier alpha value is -3.25. The van der Waals surface area contributed by atoms with Crippen LogP contribution in [0.5, 0.6) is 5.75 Å². The number of nitrogens with zero attached hydrogens (tertiary/aromatic N) is 5. The summed E-state index contributed by atoms with van der Waals surface area (Å²) in [5, 5.41) is 10.1. The van der Waals surface area contributed by atoms with Gasteiger partial charge in [-0.2, -0.15) is 5.10 Å². The van der Waals surface area contributed by atoms with E-state index in [0.29, 0.717) is 22.7 Å². The number of fused-ring (bicyclic) bond motifs is 1. The Bertz CT molecular complexity index is 1460. The van der Waals surface area contributed by atoms with Crippen LogP contribution in [0.1, 0.15) is 49.2 Å². The van der Waals surface area contributed by atoms with Crippen LogP contribution in [0.15, 0.2) is 41.0 Å². The van der Waals surface area contributed by atoms with Crippen LogP contribution in [-0.2, 0) is 16.9 Å². The third kappa shape index (κ3) is 4.07. The van der Waals surface area contributed by atoms with Crippen LogP contribution in [-0.4, -0.2) is 50.3 Å². The van der Waals surface area contributed by atoms with Crippen molar-refractivity contribution in [1.82, 2.24) is 29.5 Å². The van der Waals surface area contributed by atoms with Crippen LogP contribution in [0.4, 0.5) is 0 Å². The number of methoxy groups -OCH3 is 1. The van der Waals surface area contributed by atoms with E-state index in [1.165, 1.54) is 29.3 Å². The Labute approximate surface area is 201 Å². The van der Waals surface area contributed by atoms with Gasteiger partial charge in [-0.3, -0.25) is 13.9 Å². The zero-order valence-corrected chi connectivity index (χ0v) is 21.4. The molecule has 0 radical (unpaired) electrons. The van der Waals surface area contributed by atoms with Gasteiger partial charge < -0.3 is 10.1 Å². The molecule has 4 heterocycles. The lowest BCUT2D eigenvalue weighted by Gasteiger charge is -2.21. The minimum Gasteiger partial charge on any atom is -0.495 e. The molecule has 4 aromatic heterocycles. The van der Waals surface area contributed by atoms with Crippen molar-refractivity contribution in [3.63, 3.8) is 0 Å². The van der Waals surface area contributed by atoms with Crippen molar-refractivity contribution >= 4 is 32.7 Å². The summed E-state index contributed by atoms with van der Waals surface area (Å²) >= 11 is 1.47. The fraction of sp³-hybridized carbons (Fsp3) is 0.364. The molecule has 4 rings (SSSR count). The highest BCUT2D eigenvalue weighted by atomic mass is 32.2. The lowest BCUT2D eigenvalue weighted by atomic mass is 10.2. The highest BCUT2D eigenvalue weighted by molar-refractivity contribution is 7.92. The number of hydrogen-bond acceptors (Lipinski definition) is 8. The van der Waals surface area contributed by atoms with E-state index in [9.17, 15) is 13.2 Å². The first-order chi connectivity index (χ1) is 15.9. The molecule has 12 heteroatoms. The van der Waals surface area contributed by atoms with Gasteiger partial charge in [-0.1, -0.05) is 0 Å². The summed E-state index contributed by atoms with van der Waals surface area (Å²) in [6, 6.07) is 2.98. The minimum absolute atomic E-state index is 0.0559. The van der Waals surface area contributed by atoms with Crippen molar-refractivity contribution in [3.05, 3.63) is 46.8 Å². The first-order valence-electron chi connectivity index (χ1n) is 10.5. The molecule has 1 amide bonds. The lowest BCUT2D eigenvalue weighted by Crippen LogP contribution is -2.28. The second-order valence-electron chi connectivity index (χ2n) is 8.80. The molecule has 34 heavy (non-hydrogen) atoms. The Morgan fingerprint density at radius 2 is 1.97 bits per heavy atom. The largest absolute Gasteiger partial charge is 0.495 e. The quantitative estimate of drug-likeness (QED) is 0.430. The summed E-state index contributed by atoms with van der Waals surface area (Å²) in [6.07, 6.45) is 4.78. The minimum atomic E-state index is -3.71. The van der Waals surface area contributed by atoms with Crippen molar-refractivity contribution in [3.8, 4) is 17.1 Å². The number of amides is 1. The monoisotopic (exact) mass is 502 g/mol. The normalized spacial score (nSPS) is 13.2. The molecule has 0 saturated heterocycles. The number of rotatable bonds is 6. The average Bonchev–Trinajstić information content (AvgIpc) is 3.51. The maximum absolute atomic E-state index is 13.2. The number of sulfone groups is 1. The van der Waals surface area contributed by atoms with Gasteiger partial charge in [0.1, 0.15) is 32.7 Å². The molecule has 0 bridgehead atoms. The number of aromatic nitrogens is 5. The van der Waals surface area contributed by atoms with Crippen molar-refractivity contribution in [1.29, 1.82) is 0 Å². The molecule has 0 saturated carbocycles. The molecule has 4 aromatic rings. The Balaban J connectivity index is 1.75. The maximum atomic E-state index is 13.2. The second kappa shape index (κ2) is 8.51. The summed E-state index contributed by atoms with van der Waals surface area (Å²) < 4.78 is 33.9. The molecule has 1 N–H and O–H groups in total. The Morgan fingerprint density at radius 3 is 2.59 bits per heavy atom. The van der Waals surface area contributed by atoms with Crippen LogP contribution < -0.4 is 10.1 Å². The van der Waals surface area contributed by atoms with Crippen LogP contribution >= 0.6 is 11.3 Å². The molecular formula is C22H26N6O4S2. The molecule has 1 atom stereocenters. The van der Waals surface area contributed by atoms with Crippen molar-refractivity contribution in [2.75, 3.05) is 7.11 Å². The Morgan fingerprint density at radius 1 is 1.24 bits per heavy atom. The number of hydrogen-bond donors (Lipinski definition) is 1. The number of carbonyl (C=O) groups excluding carboxylic acids is 1. The third-order valence-electron chi connectivity index (χ3n) is 5.43. The van der Waals surface area contributed by atoms with Gasteiger partial charge in [0, 0.05) is 30.9 Å². The summed E-state index contributed by atoms with van der Waals surface area (Å²) in [4.78, 5) is 21.6. The molecular weight excluding hydrogens is 476 g/mol. The summed E-state index contributed by atoms with van der Waals surface area (Å²) in [5.41, 5.74) is 1.87. The predicted octanol–water partition coefficient (Wildman–Crippen LogP) is 3.26. The number of ether oxygens (including phenoxy) is 1. The SMILES string of the molecule is COc1cc2ncc(-c3cc(C(=O)N[C@H](C)c4nccs4)n(C)n3)n2cc1S(=O)(=O)C(C)(C)C. The van der Waals surface area contributed by atoms with Gasteiger partial charge in [0.05, 0.1) is 29.8 Å². The first-order valence-corrected chi connectivity index (χ1v) is 12.8. The van der Waals surface area contributed by atoms with Crippen molar-refractivity contribution in [2.45, 2.75) is 43.4 Å². The Kier molecular flexibility index (Phi) is 5.98. The van der Waals surface area contributed by atoms with E-state index in [0.717, 1.165) is 5.01 Å². The summed E-state index contributed by atoms with van der Waals surface area (Å²) in [5.74, 6) is -0.0766. The van der Waals surface area contributed by atoms with E-state index in [1.54, 1.807) is 56.7 Å². The number of pyridine rings is 1. The molecule has 0 fully saturated rings. The van der Waals surface area contributed by atoms with Gasteiger partial charge in [0.15, 0.2) is 9.84 Å². The number of carbonyl (C=O) groups is 1. The molecule has 10 nitrogen and oxygen atoms in total. The standard InChI is InChI=1S/C22H26N6O4S2/c1-13(21-23-7-8-33-21)25-20(29)15-9-14(26-27(15)5)16-11-24-19-10-17(32-6)18(12-28(16)19)34(30,31)22(2,3)4/h7-13H,1-6H3,(H,25,29)/t13-/m1/s1. The predicted molar refractivity (Wildman–Crippen MR) is 129 cm³/mol. The second-order valence-corrected chi connectivity index (χ2v) is 12.4. The fourth-order valence-corrected chi connectivity index (χ4v) is 5.41. The van der Waals surface area contributed by atoms with Gasteiger partial charge >= 0.3 is 0 Å². The number of imidazole rings is 1. The van der Waals surface area contributed by atoms with Crippen molar-refractivity contribution < 1.29 is 17.9 Å². The molecule has 0 unspecified atom stereocenters. The van der Waals surface area contributed by atoms with Crippen LogP contribution in [0.3, 0.4) is 0 Å². The molecule has 0 aliphatic heterocycles. The van der Waals surface area contributed by atoms with Gasteiger partial charge in [0.2, 0.25) is 0 Å². The maximum Gasteiger partial charge on any atom is 0.270 e. The highest BCUT2D eigenvalue weighted by Crippen LogP contribution is 2.34. The topological polar surface area (TPSA) is 120 Å². The first kappa shape index (κ1) is 23.9. The van der Waals surface area contributed by atoms with Gasteiger partial charge in [-0.15, -0.1) is 11.3 Å². The van der Waals surface area contributed by atoms with E-state index in [2.05, 4.69) is 20.4 Å². The number of thiazole rings is 1. The lowest BCUT2D eigenvalue weighted by molar-refractivity contribution is 0.0930. The smallest absolute Gasteiger partial charge is 0.270 e. The van der Waals surface area contributed by atoms with E-state index in [1.807, 2.05) is 12.3 Å². The highest BCUT2D eigenvalue weighted by Gasteiger charge is 2.34. The molecule has 0 aromatic carbocycles. The molecule has 0 aliphatic carbocycles. The molecule has 180 valence electrons. The third-order valence-corrected chi connectivity index (χ3v) is 8.89. The van der Waals surface area contributed by atoms with E-state index >= 15 is 0 Å². The zero-order chi connectivity index (χ0) is 24.8. The fourth-order valence-electron chi connectivity index (χ4n) is 3.45. The number of aryl methyl sites for hydroxylation is 1. The van der Waals surface area contributed by atoms with Crippen LogP contribution in [0.2, 0.25) is 0 Å². The van der Waals surface area contributed by atoms with E-state index in [-0.39, 0.29) is 22.6 Å². The average molecular weight is 503 g/mol. The molecule has 0 aliphatic rings. The molecule has 0 spiro atoms. The van der Waals surface area contributed by atoms with Crippen LogP contribution in [0.25, 0.3) is 17.0 Å². The van der Waals surface area contributed by atoms with Gasteiger partial charge in [0.25, 0.3) is 5.91 Å². The number of nitrogens with one attached hydrogen (secondary N) is 1. The van der Waals surface area contributed by atoms with E-state index in [4.69, 9.17) is 4.74 Å². The van der Waals surface area contributed by atoms with Gasteiger partial charge in [-0.25, -0.2) is 18.4 Å². The van der Waals surface area contributed by atoms with Gasteiger partial charge in [-0.05, 0) is 33.8 Å². The summed E-state index contributed by atoms with van der Waals surface area (Å²) in [7, 11) is -0.608. The summed E-state index contributed by atoms with van der Waals surface area (Å²) in [6.45, 7) is 6.77. The van der Waals surface area contributed by atoms with Crippen LogP contribution in [0, 0.1) is 0 Å². The van der Waals surface area contributed by atoms with E-state index < -0.39 is 14.6 Å². The zero-order valence-electron chi connectivity index (χ0n) is 19.7.